The molecule has 21 heavy (non-hydrogen) atoms. The summed E-state index contributed by atoms with van der Waals surface area (Å²) in [4.78, 5) is 12.2. The van der Waals surface area contributed by atoms with Crippen molar-refractivity contribution in [2.75, 3.05) is 19.5 Å². The number of rotatable bonds is 4. The molecule has 0 saturated carbocycles. The van der Waals surface area contributed by atoms with Crippen molar-refractivity contribution in [3.8, 4) is 11.5 Å². The predicted octanol–water partition coefficient (Wildman–Crippen LogP) is 3.92. The van der Waals surface area contributed by atoms with Gasteiger partial charge in [-0.1, -0.05) is 11.6 Å². The first-order valence-corrected chi connectivity index (χ1v) is 6.72. The van der Waals surface area contributed by atoms with Gasteiger partial charge in [-0.2, -0.15) is 0 Å². The number of methoxy groups -OCH3 is 2. The molecule has 2 aromatic rings. The average Bonchev–Trinajstić information content (AvgIpc) is 2.49. The van der Waals surface area contributed by atoms with Gasteiger partial charge in [-0.15, -0.1) is 0 Å². The van der Waals surface area contributed by atoms with E-state index in [9.17, 15) is 4.79 Å². The van der Waals surface area contributed by atoms with Crippen molar-refractivity contribution in [3.05, 3.63) is 52.5 Å². The van der Waals surface area contributed by atoms with E-state index in [0.717, 1.165) is 5.56 Å². The Hall–Kier alpha value is -2.20. The van der Waals surface area contributed by atoms with Gasteiger partial charge in [-0.3, -0.25) is 4.79 Å². The zero-order valence-electron chi connectivity index (χ0n) is 12.1. The molecule has 0 heterocycles. The van der Waals surface area contributed by atoms with Gasteiger partial charge in [0.1, 0.15) is 0 Å². The van der Waals surface area contributed by atoms with Crippen molar-refractivity contribution >= 4 is 23.2 Å². The Bertz CT molecular complexity index is 653. The van der Waals surface area contributed by atoms with E-state index in [2.05, 4.69) is 5.32 Å². The highest BCUT2D eigenvalue weighted by atomic mass is 35.5. The van der Waals surface area contributed by atoms with Crippen LogP contribution in [0.5, 0.6) is 11.5 Å². The summed E-state index contributed by atoms with van der Waals surface area (Å²) in [6, 6.07) is 10.3. The van der Waals surface area contributed by atoms with E-state index in [4.69, 9.17) is 21.1 Å². The molecule has 0 fully saturated rings. The molecule has 0 unspecified atom stereocenters. The summed E-state index contributed by atoms with van der Waals surface area (Å²) < 4.78 is 10.5. The predicted molar refractivity (Wildman–Crippen MR) is 83.7 cm³/mol. The quantitative estimate of drug-likeness (QED) is 0.931. The van der Waals surface area contributed by atoms with E-state index in [1.54, 1.807) is 44.6 Å². The summed E-state index contributed by atoms with van der Waals surface area (Å²) in [6.07, 6.45) is 0. The first-order chi connectivity index (χ1) is 10.0. The molecule has 4 nitrogen and oxygen atoms in total. The zero-order chi connectivity index (χ0) is 15.4. The molecule has 2 rings (SSSR count). The maximum Gasteiger partial charge on any atom is 0.255 e. The van der Waals surface area contributed by atoms with Gasteiger partial charge < -0.3 is 14.8 Å². The van der Waals surface area contributed by atoms with Crippen molar-refractivity contribution in [3.63, 3.8) is 0 Å². The smallest absolute Gasteiger partial charge is 0.255 e. The monoisotopic (exact) mass is 305 g/mol. The third kappa shape index (κ3) is 3.47. The molecule has 1 N–H and O–H groups in total. The van der Waals surface area contributed by atoms with E-state index in [-0.39, 0.29) is 5.91 Å². The van der Waals surface area contributed by atoms with Gasteiger partial charge in [-0.05, 0) is 42.8 Å². The Morgan fingerprint density at radius 2 is 1.62 bits per heavy atom. The summed E-state index contributed by atoms with van der Waals surface area (Å²) in [5.41, 5.74) is 2.09. The Morgan fingerprint density at radius 1 is 1.05 bits per heavy atom. The molecule has 0 aromatic heterocycles. The Balaban J connectivity index is 2.26. The highest BCUT2D eigenvalue weighted by molar-refractivity contribution is 6.30. The lowest BCUT2D eigenvalue weighted by atomic mass is 10.1. The highest BCUT2D eigenvalue weighted by Gasteiger charge is 2.12. The lowest BCUT2D eigenvalue weighted by molar-refractivity contribution is 0.102. The number of nitrogens with one attached hydrogen (secondary N) is 1. The molecule has 5 heteroatoms. The van der Waals surface area contributed by atoms with Crippen molar-refractivity contribution in [1.29, 1.82) is 0 Å². The average molecular weight is 306 g/mol. The molecular weight excluding hydrogens is 290 g/mol. The molecule has 2 aromatic carbocycles. The van der Waals surface area contributed by atoms with Crippen LogP contribution in [0.1, 0.15) is 15.9 Å². The summed E-state index contributed by atoms with van der Waals surface area (Å²) in [7, 11) is 3.13. The fraction of sp³-hybridized carbons (Fsp3) is 0.188. The number of hydrogen-bond donors (Lipinski definition) is 1. The summed E-state index contributed by atoms with van der Waals surface area (Å²) in [5, 5.41) is 3.45. The third-order valence-corrected chi connectivity index (χ3v) is 3.34. The summed E-state index contributed by atoms with van der Waals surface area (Å²) in [6.45, 7) is 1.89. The van der Waals surface area contributed by atoms with Crippen molar-refractivity contribution in [2.24, 2.45) is 0 Å². The summed E-state index contributed by atoms with van der Waals surface area (Å²) in [5.74, 6) is 0.982. The molecular formula is C16H16ClNO3. The minimum Gasteiger partial charge on any atom is -0.493 e. The molecule has 110 valence electrons. The van der Waals surface area contributed by atoms with E-state index < -0.39 is 0 Å². The van der Waals surface area contributed by atoms with Gasteiger partial charge >= 0.3 is 0 Å². The summed E-state index contributed by atoms with van der Waals surface area (Å²) >= 11 is 5.81. The van der Waals surface area contributed by atoms with E-state index in [1.807, 2.05) is 13.0 Å². The highest BCUT2D eigenvalue weighted by Crippen LogP contribution is 2.33. The molecule has 0 bridgehead atoms. The molecule has 0 spiro atoms. The van der Waals surface area contributed by atoms with Gasteiger partial charge in [0.2, 0.25) is 0 Å². The number of carbonyl (C=O) groups is 1. The topological polar surface area (TPSA) is 47.6 Å². The van der Waals surface area contributed by atoms with Crippen LogP contribution < -0.4 is 14.8 Å². The van der Waals surface area contributed by atoms with Crippen LogP contribution in [0.4, 0.5) is 5.69 Å². The van der Waals surface area contributed by atoms with E-state index in [0.29, 0.717) is 27.8 Å². The van der Waals surface area contributed by atoms with Crippen LogP contribution in [0, 0.1) is 6.92 Å². The first-order valence-electron chi connectivity index (χ1n) is 6.34. The number of aryl methyl sites for hydroxylation is 1. The van der Waals surface area contributed by atoms with Gasteiger partial charge in [0.05, 0.1) is 14.2 Å². The van der Waals surface area contributed by atoms with Gasteiger partial charge in [0.25, 0.3) is 5.91 Å². The number of benzene rings is 2. The number of ether oxygens (including phenoxy) is 2. The Morgan fingerprint density at radius 3 is 2.19 bits per heavy atom. The van der Waals surface area contributed by atoms with Crippen LogP contribution in [0.3, 0.4) is 0 Å². The van der Waals surface area contributed by atoms with Crippen molar-refractivity contribution in [2.45, 2.75) is 6.92 Å². The molecule has 0 saturated heterocycles. The molecule has 0 aliphatic carbocycles. The van der Waals surface area contributed by atoms with Crippen LogP contribution in [0.25, 0.3) is 0 Å². The molecule has 0 radical (unpaired) electrons. The fourth-order valence-electron chi connectivity index (χ4n) is 1.91. The van der Waals surface area contributed by atoms with Crippen molar-refractivity contribution < 1.29 is 14.3 Å². The molecule has 0 aliphatic heterocycles. The molecule has 0 aliphatic rings. The van der Waals surface area contributed by atoms with E-state index in [1.165, 1.54) is 0 Å². The van der Waals surface area contributed by atoms with Crippen LogP contribution in [0.15, 0.2) is 36.4 Å². The maximum absolute atomic E-state index is 12.2. The van der Waals surface area contributed by atoms with Crippen molar-refractivity contribution in [1.82, 2.24) is 0 Å². The number of amides is 1. The lowest BCUT2D eigenvalue weighted by Crippen LogP contribution is -2.12. The van der Waals surface area contributed by atoms with Gasteiger partial charge in [-0.25, -0.2) is 0 Å². The number of halogens is 1. The number of anilines is 1. The zero-order valence-corrected chi connectivity index (χ0v) is 12.8. The fourth-order valence-corrected chi connectivity index (χ4v) is 2.04. The minimum atomic E-state index is -0.206. The minimum absolute atomic E-state index is 0.206. The van der Waals surface area contributed by atoms with Gasteiger partial charge in [0, 0.05) is 22.3 Å². The Kier molecular flexibility index (Phi) is 4.70. The van der Waals surface area contributed by atoms with Crippen LogP contribution in [-0.2, 0) is 0 Å². The third-order valence-electron chi connectivity index (χ3n) is 3.09. The van der Waals surface area contributed by atoms with Crippen LogP contribution in [-0.4, -0.2) is 20.1 Å². The second-order valence-electron chi connectivity index (χ2n) is 4.48. The van der Waals surface area contributed by atoms with Gasteiger partial charge in [0.15, 0.2) is 11.5 Å². The second-order valence-corrected chi connectivity index (χ2v) is 4.92. The molecule has 0 atom stereocenters. The number of hydrogen-bond acceptors (Lipinski definition) is 3. The largest absolute Gasteiger partial charge is 0.493 e. The number of carbonyl (C=O) groups excluding carboxylic acids is 1. The SMILES string of the molecule is COc1cc(C)c(NC(=O)c2ccc(Cl)cc2)cc1OC. The van der Waals surface area contributed by atoms with Crippen LogP contribution in [0.2, 0.25) is 5.02 Å². The second kappa shape index (κ2) is 6.50. The van der Waals surface area contributed by atoms with E-state index >= 15 is 0 Å². The first kappa shape index (κ1) is 15.2. The molecule has 1 amide bonds. The van der Waals surface area contributed by atoms with Crippen LogP contribution >= 0.6 is 11.6 Å². The lowest BCUT2D eigenvalue weighted by Gasteiger charge is -2.13. The Labute approximate surface area is 128 Å². The normalized spacial score (nSPS) is 10.1. The standard InChI is InChI=1S/C16H16ClNO3/c1-10-8-14(20-2)15(21-3)9-13(10)18-16(19)11-4-6-12(17)7-5-11/h4-9H,1-3H3,(H,18,19). The maximum atomic E-state index is 12.2.